The number of ether oxygens (including phenoxy) is 1. The summed E-state index contributed by atoms with van der Waals surface area (Å²) in [6.45, 7) is 2.20. The first-order valence-electron chi connectivity index (χ1n) is 4.44. The van der Waals surface area contributed by atoms with Crippen LogP contribution < -0.4 is 0 Å². The molecule has 0 spiro atoms. The Labute approximate surface area is 102 Å². The molecule has 0 aliphatic carbocycles. The molecule has 16 heavy (non-hydrogen) atoms. The Hall–Kier alpha value is -0.885. The summed E-state index contributed by atoms with van der Waals surface area (Å²) in [5, 5.41) is 21.5. The van der Waals surface area contributed by atoms with E-state index in [2.05, 4.69) is 15.9 Å². The van der Waals surface area contributed by atoms with Crippen LogP contribution in [0.15, 0.2) is 28.7 Å². The van der Waals surface area contributed by atoms with Crippen LogP contribution in [-0.4, -0.2) is 35.0 Å². The average Bonchev–Trinajstić information content (AvgIpc) is 2.18. The number of carbonyl (C=O) groups excluding carboxylic acids is 1. The Morgan fingerprint density at radius 2 is 1.75 bits per heavy atom. The van der Waals surface area contributed by atoms with Crippen molar-refractivity contribution in [2.75, 3.05) is 6.61 Å². The van der Waals surface area contributed by atoms with Crippen molar-refractivity contribution in [1.29, 1.82) is 0 Å². The molecule has 88 valence electrons. The van der Waals surface area contributed by atoms with Crippen LogP contribution in [0.25, 0.3) is 0 Å². The maximum Gasteiger partial charge on any atom is 0.631 e. The molecule has 5 nitrogen and oxygen atoms in total. The third-order valence-electron chi connectivity index (χ3n) is 1.36. The number of benzene rings is 1. The van der Waals surface area contributed by atoms with Crippen LogP contribution >= 0.6 is 15.9 Å². The fourth-order valence-electron chi connectivity index (χ4n) is 0.800. The van der Waals surface area contributed by atoms with E-state index < -0.39 is 7.32 Å². The van der Waals surface area contributed by atoms with Crippen LogP contribution in [0.5, 0.6) is 0 Å². The normalized spacial score (nSPS) is 8.81. The van der Waals surface area contributed by atoms with Crippen molar-refractivity contribution in [3.63, 3.8) is 0 Å². The summed E-state index contributed by atoms with van der Waals surface area (Å²) in [6, 6.07) is 7.07. The first-order chi connectivity index (χ1) is 7.47. The number of halogens is 1. The molecule has 0 fully saturated rings. The Kier molecular flexibility index (Phi) is 7.83. The van der Waals surface area contributed by atoms with Crippen LogP contribution in [0, 0.1) is 0 Å². The van der Waals surface area contributed by atoms with E-state index in [0.29, 0.717) is 12.2 Å². The lowest BCUT2D eigenvalue weighted by molar-refractivity contribution is 0.0526. The lowest BCUT2D eigenvalue weighted by atomic mass is 10.2. The summed E-state index contributed by atoms with van der Waals surface area (Å²) in [5.74, 6) is -0.273. The molecule has 0 bridgehead atoms. The summed E-state index contributed by atoms with van der Waals surface area (Å²) < 4.78 is 5.77. The minimum Gasteiger partial charge on any atom is -0.462 e. The number of rotatable bonds is 2. The van der Waals surface area contributed by atoms with E-state index in [1.54, 1.807) is 19.1 Å². The molecule has 7 heteroatoms. The van der Waals surface area contributed by atoms with Crippen LogP contribution in [-0.2, 0) is 4.74 Å². The first-order valence-corrected chi connectivity index (χ1v) is 5.23. The Morgan fingerprint density at radius 1 is 1.31 bits per heavy atom. The Bertz CT molecular complexity index is 311. The van der Waals surface area contributed by atoms with E-state index in [1.165, 1.54) is 0 Å². The Balaban J connectivity index is 0.000000487. The highest BCUT2D eigenvalue weighted by atomic mass is 79.9. The van der Waals surface area contributed by atoms with E-state index in [4.69, 9.17) is 19.8 Å². The second-order valence-electron chi connectivity index (χ2n) is 2.57. The van der Waals surface area contributed by atoms with Crippen molar-refractivity contribution in [2.45, 2.75) is 6.92 Å². The molecule has 0 atom stereocenters. The fraction of sp³-hybridized carbons (Fsp3) is 0.222. The van der Waals surface area contributed by atoms with Gasteiger partial charge in [0.25, 0.3) is 0 Å². The van der Waals surface area contributed by atoms with Crippen LogP contribution in [0.3, 0.4) is 0 Å². The molecule has 0 aromatic heterocycles. The van der Waals surface area contributed by atoms with Crippen molar-refractivity contribution in [3.8, 4) is 0 Å². The van der Waals surface area contributed by atoms with Gasteiger partial charge < -0.3 is 19.8 Å². The van der Waals surface area contributed by atoms with Gasteiger partial charge in [0, 0.05) is 4.47 Å². The second-order valence-corrected chi connectivity index (χ2v) is 3.49. The van der Waals surface area contributed by atoms with Gasteiger partial charge in [0.05, 0.1) is 12.2 Å². The molecule has 0 radical (unpaired) electrons. The van der Waals surface area contributed by atoms with Crippen molar-refractivity contribution in [2.24, 2.45) is 0 Å². The smallest absolute Gasteiger partial charge is 0.462 e. The van der Waals surface area contributed by atoms with Crippen LogP contribution in [0.4, 0.5) is 0 Å². The van der Waals surface area contributed by atoms with E-state index in [9.17, 15) is 4.79 Å². The third-order valence-corrected chi connectivity index (χ3v) is 1.88. The molecule has 1 rings (SSSR count). The molecule has 0 saturated carbocycles. The highest BCUT2D eigenvalue weighted by molar-refractivity contribution is 9.10. The molecule has 0 saturated heterocycles. The molecule has 0 aliphatic heterocycles. The maximum absolute atomic E-state index is 11.1. The van der Waals surface area contributed by atoms with E-state index in [1.807, 2.05) is 12.1 Å². The van der Waals surface area contributed by atoms with Crippen LogP contribution in [0.1, 0.15) is 17.3 Å². The van der Waals surface area contributed by atoms with Gasteiger partial charge in [0.15, 0.2) is 0 Å². The summed E-state index contributed by atoms with van der Waals surface area (Å²) in [4.78, 5) is 11.1. The van der Waals surface area contributed by atoms with E-state index in [-0.39, 0.29) is 5.97 Å². The van der Waals surface area contributed by atoms with Gasteiger partial charge in [0.1, 0.15) is 0 Å². The van der Waals surface area contributed by atoms with Crippen molar-refractivity contribution in [3.05, 3.63) is 34.3 Å². The first kappa shape index (κ1) is 15.1. The maximum atomic E-state index is 11.1. The standard InChI is InChI=1S/C9H9BrO2.BH3O3/c1-2-12-9(11)7-3-5-8(10)6-4-7;2-1(3)4/h3-6H,2H2,1H3;2-4H. The van der Waals surface area contributed by atoms with Gasteiger partial charge in [-0.1, -0.05) is 15.9 Å². The molecule has 0 amide bonds. The molecule has 0 aliphatic rings. The van der Waals surface area contributed by atoms with Gasteiger partial charge in [0.2, 0.25) is 0 Å². The SMILES string of the molecule is CCOC(=O)c1ccc(Br)cc1.OB(O)O. The highest BCUT2D eigenvalue weighted by Crippen LogP contribution is 2.10. The highest BCUT2D eigenvalue weighted by Gasteiger charge is 2.03. The lowest BCUT2D eigenvalue weighted by Crippen LogP contribution is -2.07. The fourth-order valence-corrected chi connectivity index (χ4v) is 1.06. The Morgan fingerprint density at radius 3 is 2.12 bits per heavy atom. The summed E-state index contributed by atoms with van der Waals surface area (Å²) in [6.07, 6.45) is 0. The molecule has 1 aromatic rings. The third kappa shape index (κ3) is 7.41. The zero-order valence-electron chi connectivity index (χ0n) is 8.63. The van der Waals surface area contributed by atoms with Crippen molar-refractivity contribution < 1.29 is 24.6 Å². The van der Waals surface area contributed by atoms with Gasteiger partial charge in [-0.05, 0) is 31.2 Å². The topological polar surface area (TPSA) is 87.0 Å². The van der Waals surface area contributed by atoms with Crippen molar-refractivity contribution >= 4 is 29.2 Å². The molecular formula is C9H12BBrO5. The second kappa shape index (κ2) is 8.29. The summed E-state index contributed by atoms with van der Waals surface area (Å²) in [7, 11) is -2.17. The number of carbonyl (C=O) groups is 1. The summed E-state index contributed by atoms with van der Waals surface area (Å²) >= 11 is 3.28. The average molecular weight is 291 g/mol. The zero-order valence-corrected chi connectivity index (χ0v) is 10.2. The predicted octanol–water partition coefficient (Wildman–Crippen LogP) is 0.574. The predicted molar refractivity (Wildman–Crippen MR) is 62.5 cm³/mol. The van der Waals surface area contributed by atoms with Crippen molar-refractivity contribution in [1.82, 2.24) is 0 Å². The molecule has 1 aromatic carbocycles. The molecular weight excluding hydrogens is 279 g/mol. The number of esters is 1. The zero-order chi connectivity index (χ0) is 12.6. The monoisotopic (exact) mass is 290 g/mol. The number of hydrogen-bond acceptors (Lipinski definition) is 5. The van der Waals surface area contributed by atoms with Gasteiger partial charge in [-0.25, -0.2) is 4.79 Å². The molecule has 0 unspecified atom stereocenters. The largest absolute Gasteiger partial charge is 0.631 e. The van der Waals surface area contributed by atoms with E-state index >= 15 is 0 Å². The van der Waals surface area contributed by atoms with Gasteiger partial charge in [-0.3, -0.25) is 0 Å². The molecule has 3 N–H and O–H groups in total. The molecule has 0 heterocycles. The minimum atomic E-state index is -2.17. The summed E-state index contributed by atoms with van der Waals surface area (Å²) in [5.41, 5.74) is 0.583. The number of hydrogen-bond donors (Lipinski definition) is 3. The van der Waals surface area contributed by atoms with Crippen LogP contribution in [0.2, 0.25) is 0 Å². The minimum absolute atomic E-state index is 0.273. The van der Waals surface area contributed by atoms with Gasteiger partial charge in [-0.2, -0.15) is 0 Å². The van der Waals surface area contributed by atoms with Gasteiger partial charge >= 0.3 is 13.3 Å². The van der Waals surface area contributed by atoms with E-state index in [0.717, 1.165) is 4.47 Å². The quantitative estimate of drug-likeness (QED) is 0.548. The lowest BCUT2D eigenvalue weighted by Gasteiger charge is -2.00. The van der Waals surface area contributed by atoms with Gasteiger partial charge in [-0.15, -0.1) is 0 Å².